The van der Waals surface area contributed by atoms with Crippen LogP contribution in [0, 0.1) is 0 Å². The van der Waals surface area contributed by atoms with Crippen LogP contribution in [0.1, 0.15) is 57.9 Å². The van der Waals surface area contributed by atoms with Gasteiger partial charge < -0.3 is 14.6 Å². The van der Waals surface area contributed by atoms with Gasteiger partial charge >= 0.3 is 0 Å². The van der Waals surface area contributed by atoms with E-state index in [1.54, 1.807) is 0 Å². The lowest BCUT2D eigenvalue weighted by molar-refractivity contribution is 0.360. The highest BCUT2D eigenvalue weighted by Crippen LogP contribution is 2.37. The van der Waals surface area contributed by atoms with Crippen molar-refractivity contribution >= 4 is 17.0 Å². The Balaban J connectivity index is 1.47. The van der Waals surface area contributed by atoms with Crippen LogP contribution >= 0.6 is 0 Å². The molecule has 0 amide bonds. The summed E-state index contributed by atoms with van der Waals surface area (Å²) in [6.07, 6.45) is 12.9. The van der Waals surface area contributed by atoms with Gasteiger partial charge in [0.1, 0.15) is 17.1 Å². The van der Waals surface area contributed by atoms with Crippen molar-refractivity contribution in [3.05, 3.63) is 67.0 Å². The van der Waals surface area contributed by atoms with Gasteiger partial charge in [0, 0.05) is 35.9 Å². The van der Waals surface area contributed by atoms with Gasteiger partial charge in [-0.05, 0) is 49.1 Å². The van der Waals surface area contributed by atoms with Gasteiger partial charge in [-0.2, -0.15) is 4.98 Å². The van der Waals surface area contributed by atoms with E-state index < -0.39 is 0 Å². The van der Waals surface area contributed by atoms with Crippen LogP contribution in [0.5, 0.6) is 11.5 Å². The van der Waals surface area contributed by atoms with Crippen LogP contribution in [-0.4, -0.2) is 21.1 Å². The molecule has 2 aromatic heterocycles. The summed E-state index contributed by atoms with van der Waals surface area (Å²) in [5, 5.41) is 4.51. The van der Waals surface area contributed by atoms with Gasteiger partial charge in [0.15, 0.2) is 0 Å². The van der Waals surface area contributed by atoms with Crippen molar-refractivity contribution in [2.45, 2.75) is 57.9 Å². The monoisotopic (exact) mass is 440 g/mol. The van der Waals surface area contributed by atoms with Crippen LogP contribution in [0.25, 0.3) is 22.2 Å². The SMILES string of the molecule is CCCCNc1ncc2c(-c3ccc(Oc4ccccc4)cc3)cn(C3CCCCC3)c2n1. The van der Waals surface area contributed by atoms with Gasteiger partial charge in [0.05, 0.1) is 0 Å². The molecule has 1 saturated carbocycles. The Morgan fingerprint density at radius 1 is 0.970 bits per heavy atom. The molecule has 2 aromatic carbocycles. The number of rotatable bonds is 8. The Labute approximate surface area is 195 Å². The Bertz CT molecular complexity index is 1180. The molecule has 0 aliphatic heterocycles. The second-order valence-corrected chi connectivity index (χ2v) is 8.89. The molecule has 0 spiro atoms. The van der Waals surface area contributed by atoms with Gasteiger partial charge in [-0.1, -0.05) is 62.9 Å². The van der Waals surface area contributed by atoms with Crippen LogP contribution in [0.2, 0.25) is 0 Å². The van der Waals surface area contributed by atoms with E-state index in [1.165, 1.54) is 37.7 Å². The van der Waals surface area contributed by atoms with Crippen molar-refractivity contribution in [1.82, 2.24) is 14.5 Å². The van der Waals surface area contributed by atoms with Crippen molar-refractivity contribution in [2.75, 3.05) is 11.9 Å². The number of para-hydroxylation sites is 1. The summed E-state index contributed by atoms with van der Waals surface area (Å²) < 4.78 is 8.39. The molecule has 4 aromatic rings. The molecule has 5 rings (SSSR count). The van der Waals surface area contributed by atoms with E-state index in [4.69, 9.17) is 9.72 Å². The Morgan fingerprint density at radius 3 is 2.48 bits per heavy atom. The average molecular weight is 441 g/mol. The van der Waals surface area contributed by atoms with Gasteiger partial charge in [-0.15, -0.1) is 0 Å². The van der Waals surface area contributed by atoms with E-state index in [0.29, 0.717) is 6.04 Å². The summed E-state index contributed by atoms with van der Waals surface area (Å²) in [6.45, 7) is 3.10. The smallest absolute Gasteiger partial charge is 0.224 e. The van der Waals surface area contributed by atoms with Crippen LogP contribution in [0.4, 0.5) is 5.95 Å². The normalized spacial score (nSPS) is 14.5. The molecule has 1 aliphatic carbocycles. The van der Waals surface area contributed by atoms with Gasteiger partial charge in [-0.3, -0.25) is 0 Å². The maximum atomic E-state index is 5.98. The molecule has 2 heterocycles. The zero-order valence-electron chi connectivity index (χ0n) is 19.3. The summed E-state index contributed by atoms with van der Waals surface area (Å²) in [7, 11) is 0. The number of hydrogen-bond donors (Lipinski definition) is 1. The molecule has 0 unspecified atom stereocenters. The number of fused-ring (bicyclic) bond motifs is 1. The minimum absolute atomic E-state index is 0.508. The molecule has 33 heavy (non-hydrogen) atoms. The summed E-state index contributed by atoms with van der Waals surface area (Å²) in [6, 6.07) is 18.7. The topological polar surface area (TPSA) is 52.0 Å². The Morgan fingerprint density at radius 2 is 1.73 bits per heavy atom. The third kappa shape index (κ3) is 4.87. The number of benzene rings is 2. The van der Waals surface area contributed by atoms with E-state index in [1.807, 2.05) is 48.7 Å². The Hall–Kier alpha value is -3.34. The fourth-order valence-electron chi connectivity index (χ4n) is 4.69. The molecule has 1 aliphatic rings. The molecule has 5 heteroatoms. The standard InChI is InChI=1S/C28H32N4O/c1-2-3-18-29-28-30-19-25-26(20-32(27(25)31-28)22-10-6-4-7-11-22)21-14-16-24(17-15-21)33-23-12-8-5-9-13-23/h5,8-9,12-17,19-20,22H,2-4,6-7,10-11,18H2,1H3,(H,29,30,31). The Kier molecular flexibility index (Phi) is 6.56. The maximum Gasteiger partial charge on any atom is 0.224 e. The highest BCUT2D eigenvalue weighted by atomic mass is 16.5. The minimum Gasteiger partial charge on any atom is -0.457 e. The highest BCUT2D eigenvalue weighted by molar-refractivity contribution is 5.94. The van der Waals surface area contributed by atoms with Crippen molar-refractivity contribution in [3.63, 3.8) is 0 Å². The number of anilines is 1. The van der Waals surface area contributed by atoms with Crippen molar-refractivity contribution < 1.29 is 4.74 Å². The van der Waals surface area contributed by atoms with E-state index in [-0.39, 0.29) is 0 Å². The number of nitrogens with zero attached hydrogens (tertiary/aromatic N) is 3. The maximum absolute atomic E-state index is 5.98. The van der Waals surface area contributed by atoms with Gasteiger partial charge in [0.2, 0.25) is 5.95 Å². The quantitative estimate of drug-likeness (QED) is 0.286. The first-order chi connectivity index (χ1) is 16.3. The molecule has 1 fully saturated rings. The summed E-state index contributed by atoms with van der Waals surface area (Å²) >= 11 is 0. The fraction of sp³-hybridized carbons (Fsp3) is 0.357. The lowest BCUT2D eigenvalue weighted by Crippen LogP contribution is -2.13. The largest absolute Gasteiger partial charge is 0.457 e. The van der Waals surface area contributed by atoms with E-state index >= 15 is 0 Å². The first-order valence-electron chi connectivity index (χ1n) is 12.3. The summed E-state index contributed by atoms with van der Waals surface area (Å²) in [5.41, 5.74) is 3.38. The van der Waals surface area contributed by atoms with Crippen LogP contribution in [0.15, 0.2) is 67.0 Å². The van der Waals surface area contributed by atoms with Crippen molar-refractivity contribution in [3.8, 4) is 22.6 Å². The third-order valence-electron chi connectivity index (χ3n) is 6.50. The molecule has 0 saturated heterocycles. The van der Waals surface area contributed by atoms with Crippen LogP contribution in [0.3, 0.4) is 0 Å². The molecule has 1 N–H and O–H groups in total. The first-order valence-corrected chi connectivity index (χ1v) is 12.3. The molecule has 0 atom stereocenters. The number of aromatic nitrogens is 3. The molecule has 0 radical (unpaired) electrons. The summed E-state index contributed by atoms with van der Waals surface area (Å²) in [4.78, 5) is 9.59. The number of ether oxygens (including phenoxy) is 1. The van der Waals surface area contributed by atoms with E-state index in [2.05, 4.69) is 40.1 Å². The first kappa shape index (κ1) is 21.5. The van der Waals surface area contributed by atoms with Gasteiger partial charge in [-0.25, -0.2) is 4.98 Å². The van der Waals surface area contributed by atoms with Gasteiger partial charge in [0.25, 0.3) is 0 Å². The zero-order chi connectivity index (χ0) is 22.5. The van der Waals surface area contributed by atoms with Crippen molar-refractivity contribution in [2.24, 2.45) is 0 Å². The molecule has 5 nitrogen and oxygen atoms in total. The van der Waals surface area contributed by atoms with Crippen LogP contribution in [-0.2, 0) is 0 Å². The lowest BCUT2D eigenvalue weighted by atomic mass is 9.95. The van der Waals surface area contributed by atoms with E-state index in [9.17, 15) is 0 Å². The zero-order valence-corrected chi connectivity index (χ0v) is 19.3. The molecule has 0 bridgehead atoms. The highest BCUT2D eigenvalue weighted by Gasteiger charge is 2.21. The second kappa shape index (κ2) is 10.1. The molecular formula is C28H32N4O. The number of unbranched alkanes of at least 4 members (excludes halogenated alkanes) is 1. The third-order valence-corrected chi connectivity index (χ3v) is 6.50. The number of hydrogen-bond acceptors (Lipinski definition) is 4. The van der Waals surface area contributed by atoms with E-state index in [0.717, 1.165) is 53.4 Å². The van der Waals surface area contributed by atoms with Crippen LogP contribution < -0.4 is 10.1 Å². The summed E-state index contributed by atoms with van der Waals surface area (Å²) in [5.74, 6) is 2.40. The van der Waals surface area contributed by atoms with Crippen molar-refractivity contribution in [1.29, 1.82) is 0 Å². The predicted molar refractivity (Wildman–Crippen MR) is 135 cm³/mol. The fourth-order valence-corrected chi connectivity index (χ4v) is 4.69. The lowest BCUT2D eigenvalue weighted by Gasteiger charge is -2.23. The predicted octanol–water partition coefficient (Wildman–Crippen LogP) is 7.61. The molecular weight excluding hydrogens is 408 g/mol. The minimum atomic E-state index is 0.508. The molecule has 170 valence electrons. The number of nitrogens with one attached hydrogen (secondary N) is 1. The average Bonchev–Trinajstić information content (AvgIpc) is 3.25. The second-order valence-electron chi connectivity index (χ2n) is 8.89.